The highest BCUT2D eigenvalue weighted by atomic mass is 35.5. The van der Waals surface area contributed by atoms with E-state index in [-0.39, 0.29) is 5.91 Å². The van der Waals surface area contributed by atoms with Crippen molar-refractivity contribution < 1.29 is 28.6 Å². The monoisotopic (exact) mass is 494 g/mol. The summed E-state index contributed by atoms with van der Waals surface area (Å²) in [5.41, 5.74) is 1.76. The molecule has 2 amide bonds. The third-order valence-electron chi connectivity index (χ3n) is 6.27. The van der Waals surface area contributed by atoms with Crippen molar-refractivity contribution in [1.29, 1.82) is 0 Å². The molecule has 0 radical (unpaired) electrons. The van der Waals surface area contributed by atoms with E-state index in [1.807, 2.05) is 6.07 Å². The van der Waals surface area contributed by atoms with Crippen LogP contribution in [0.3, 0.4) is 0 Å². The predicted octanol–water partition coefficient (Wildman–Crippen LogP) is 4.42. The van der Waals surface area contributed by atoms with Crippen molar-refractivity contribution in [3.8, 4) is 17.2 Å². The standard InChI is InChI=1S/C26H23ClN2O6/c1-32-18-6-4-5-17(13-18)28-25(30)22-23(20-12-11-19(33-2)14-21(20)34-3)29(35-24(22)26(28)31)16-9-7-15(27)8-10-16/h4-14,22-24H,1-3H3/t22-,23+,24+/m0/s1. The molecular formula is C26H23ClN2O6. The zero-order valence-electron chi connectivity index (χ0n) is 19.3. The number of methoxy groups -OCH3 is 3. The molecule has 2 heterocycles. The van der Waals surface area contributed by atoms with Crippen molar-refractivity contribution in [2.24, 2.45) is 5.92 Å². The average molecular weight is 495 g/mol. The van der Waals surface area contributed by atoms with Gasteiger partial charge in [-0.25, -0.2) is 9.96 Å². The zero-order chi connectivity index (χ0) is 24.7. The lowest BCUT2D eigenvalue weighted by molar-refractivity contribution is -0.126. The quantitative estimate of drug-likeness (QED) is 0.469. The van der Waals surface area contributed by atoms with Gasteiger partial charge in [-0.2, -0.15) is 0 Å². The fraction of sp³-hybridized carbons (Fsp3) is 0.231. The number of ether oxygens (including phenoxy) is 3. The number of imide groups is 1. The number of carbonyl (C=O) groups excluding carboxylic acids is 2. The van der Waals surface area contributed by atoms with Gasteiger partial charge in [0.2, 0.25) is 5.91 Å². The van der Waals surface area contributed by atoms with Crippen molar-refractivity contribution in [3.05, 3.63) is 77.3 Å². The Hall–Kier alpha value is -3.75. The minimum atomic E-state index is -1.01. The van der Waals surface area contributed by atoms with Gasteiger partial charge in [0, 0.05) is 22.7 Å². The van der Waals surface area contributed by atoms with Crippen LogP contribution in [0.15, 0.2) is 66.7 Å². The lowest BCUT2D eigenvalue weighted by Crippen LogP contribution is -2.37. The van der Waals surface area contributed by atoms with Gasteiger partial charge in [-0.05, 0) is 48.5 Å². The largest absolute Gasteiger partial charge is 0.497 e. The maximum absolute atomic E-state index is 13.8. The Morgan fingerprint density at radius 1 is 0.800 bits per heavy atom. The van der Waals surface area contributed by atoms with Crippen LogP contribution in [0.5, 0.6) is 17.2 Å². The van der Waals surface area contributed by atoms with Crippen LogP contribution in [0.1, 0.15) is 11.6 Å². The summed E-state index contributed by atoms with van der Waals surface area (Å²) in [5.74, 6) is 0.0299. The van der Waals surface area contributed by atoms with E-state index in [1.165, 1.54) is 12.0 Å². The van der Waals surface area contributed by atoms with Crippen LogP contribution >= 0.6 is 11.6 Å². The van der Waals surface area contributed by atoms with Crippen LogP contribution in [0.25, 0.3) is 0 Å². The summed E-state index contributed by atoms with van der Waals surface area (Å²) in [7, 11) is 4.64. The summed E-state index contributed by atoms with van der Waals surface area (Å²) < 4.78 is 16.3. The molecule has 5 rings (SSSR count). The Morgan fingerprint density at radius 2 is 1.51 bits per heavy atom. The Bertz CT molecular complexity index is 1280. The molecule has 2 fully saturated rings. The topological polar surface area (TPSA) is 77.5 Å². The molecule has 0 bridgehead atoms. The maximum atomic E-state index is 13.8. The number of anilines is 2. The van der Waals surface area contributed by atoms with Gasteiger partial charge in [-0.3, -0.25) is 14.4 Å². The molecule has 3 atom stereocenters. The molecule has 0 aromatic heterocycles. The minimum absolute atomic E-state index is 0.368. The summed E-state index contributed by atoms with van der Waals surface area (Å²) in [4.78, 5) is 34.7. The van der Waals surface area contributed by atoms with E-state index in [9.17, 15) is 9.59 Å². The number of amides is 2. The van der Waals surface area contributed by atoms with Gasteiger partial charge in [0.05, 0.1) is 38.7 Å². The fourth-order valence-electron chi connectivity index (χ4n) is 4.61. The van der Waals surface area contributed by atoms with Crippen LogP contribution in [-0.2, 0) is 14.4 Å². The van der Waals surface area contributed by atoms with Gasteiger partial charge in [-0.1, -0.05) is 17.7 Å². The van der Waals surface area contributed by atoms with Gasteiger partial charge >= 0.3 is 0 Å². The Kier molecular flexibility index (Phi) is 6.00. The molecule has 0 spiro atoms. The third kappa shape index (κ3) is 3.84. The number of carbonyl (C=O) groups is 2. The van der Waals surface area contributed by atoms with Crippen LogP contribution in [0.2, 0.25) is 5.02 Å². The number of hydroxylamine groups is 1. The number of hydrogen-bond acceptors (Lipinski definition) is 7. The lowest BCUT2D eigenvalue weighted by atomic mass is 9.90. The molecule has 8 nitrogen and oxygen atoms in total. The molecule has 3 aromatic rings. The van der Waals surface area contributed by atoms with Crippen molar-refractivity contribution in [1.82, 2.24) is 0 Å². The lowest BCUT2D eigenvalue weighted by Gasteiger charge is -2.29. The van der Waals surface area contributed by atoms with E-state index in [0.717, 1.165) is 0 Å². The average Bonchev–Trinajstić information content (AvgIpc) is 3.39. The van der Waals surface area contributed by atoms with Crippen LogP contribution in [-0.4, -0.2) is 39.2 Å². The first-order chi connectivity index (χ1) is 17.0. The van der Waals surface area contributed by atoms with Crippen molar-refractivity contribution in [2.45, 2.75) is 12.1 Å². The summed E-state index contributed by atoms with van der Waals surface area (Å²) in [6.07, 6.45) is -1.01. The van der Waals surface area contributed by atoms with Gasteiger partial charge in [0.1, 0.15) is 23.2 Å². The van der Waals surface area contributed by atoms with Crippen LogP contribution in [0, 0.1) is 5.92 Å². The van der Waals surface area contributed by atoms with Gasteiger partial charge < -0.3 is 14.2 Å². The van der Waals surface area contributed by atoms with E-state index in [4.69, 9.17) is 30.6 Å². The zero-order valence-corrected chi connectivity index (χ0v) is 20.1. The maximum Gasteiger partial charge on any atom is 0.266 e. The molecule has 2 aliphatic rings. The highest BCUT2D eigenvalue weighted by Gasteiger charge is 2.60. The van der Waals surface area contributed by atoms with E-state index >= 15 is 0 Å². The first-order valence-electron chi connectivity index (χ1n) is 10.9. The number of nitrogens with zero attached hydrogens (tertiary/aromatic N) is 2. The first-order valence-corrected chi connectivity index (χ1v) is 11.3. The van der Waals surface area contributed by atoms with E-state index in [2.05, 4.69) is 0 Å². The summed E-state index contributed by atoms with van der Waals surface area (Å²) in [6.45, 7) is 0. The molecule has 180 valence electrons. The summed E-state index contributed by atoms with van der Waals surface area (Å²) in [6, 6.07) is 18.5. The molecule has 2 aliphatic heterocycles. The van der Waals surface area contributed by atoms with Gasteiger partial charge in [0.25, 0.3) is 5.91 Å². The van der Waals surface area contributed by atoms with Gasteiger partial charge in [-0.15, -0.1) is 0 Å². The SMILES string of the molecule is COc1cccc(N2C(=O)[C@H]3[C@@H](c4ccc(OC)cc4OC)N(c4ccc(Cl)cc4)O[C@H]3C2=O)c1. The third-order valence-corrected chi connectivity index (χ3v) is 6.52. The molecule has 0 N–H and O–H groups in total. The minimum Gasteiger partial charge on any atom is -0.497 e. The summed E-state index contributed by atoms with van der Waals surface area (Å²) >= 11 is 6.09. The highest BCUT2D eigenvalue weighted by Crippen LogP contribution is 2.50. The number of halogens is 1. The number of hydrogen-bond donors (Lipinski definition) is 0. The summed E-state index contributed by atoms with van der Waals surface area (Å²) in [5, 5.41) is 2.15. The second-order valence-electron chi connectivity index (χ2n) is 8.12. The van der Waals surface area contributed by atoms with Crippen molar-refractivity contribution >= 4 is 34.8 Å². The molecule has 0 saturated carbocycles. The van der Waals surface area contributed by atoms with Crippen molar-refractivity contribution in [2.75, 3.05) is 31.3 Å². The van der Waals surface area contributed by atoms with Crippen molar-refractivity contribution in [3.63, 3.8) is 0 Å². The number of benzene rings is 3. The fourth-order valence-corrected chi connectivity index (χ4v) is 4.74. The normalized spacial score (nSPS) is 21.3. The Morgan fingerprint density at radius 3 is 2.20 bits per heavy atom. The molecule has 0 aliphatic carbocycles. The second-order valence-corrected chi connectivity index (χ2v) is 8.56. The number of rotatable bonds is 6. The van der Waals surface area contributed by atoms with Crippen LogP contribution < -0.4 is 24.2 Å². The van der Waals surface area contributed by atoms with E-state index < -0.39 is 24.0 Å². The molecular weight excluding hydrogens is 472 g/mol. The van der Waals surface area contributed by atoms with E-state index in [1.54, 1.807) is 79.9 Å². The molecule has 0 unspecified atom stereocenters. The number of fused-ring (bicyclic) bond motifs is 1. The first kappa shape index (κ1) is 23.0. The van der Waals surface area contributed by atoms with Crippen LogP contribution in [0.4, 0.5) is 11.4 Å². The second kappa shape index (κ2) is 9.13. The van der Waals surface area contributed by atoms with E-state index in [0.29, 0.717) is 39.2 Å². The highest BCUT2D eigenvalue weighted by molar-refractivity contribution is 6.30. The Balaban J connectivity index is 1.61. The molecule has 3 aromatic carbocycles. The smallest absolute Gasteiger partial charge is 0.266 e. The predicted molar refractivity (Wildman–Crippen MR) is 130 cm³/mol. The molecule has 2 saturated heterocycles. The Labute approximate surface area is 207 Å². The van der Waals surface area contributed by atoms with Gasteiger partial charge in [0.15, 0.2) is 6.10 Å². The molecule has 35 heavy (non-hydrogen) atoms. The molecule has 9 heteroatoms.